The fourth-order valence-electron chi connectivity index (χ4n) is 4.76. The highest BCUT2D eigenvalue weighted by Crippen LogP contribution is 2.27. The summed E-state index contributed by atoms with van der Waals surface area (Å²) in [5, 5.41) is 3.00. The summed E-state index contributed by atoms with van der Waals surface area (Å²) in [7, 11) is -4.20. The van der Waals surface area contributed by atoms with E-state index in [4.69, 9.17) is 0 Å². The molecule has 0 aliphatic carbocycles. The Labute approximate surface area is 273 Å². The van der Waals surface area contributed by atoms with Gasteiger partial charge in [0.2, 0.25) is 11.8 Å². The Hall–Kier alpha value is -4.02. The van der Waals surface area contributed by atoms with Gasteiger partial charge in [-0.3, -0.25) is 13.9 Å². The van der Waals surface area contributed by atoms with Crippen LogP contribution in [0, 0.1) is 12.7 Å². The zero-order valence-electron chi connectivity index (χ0n) is 25.5. The third-order valence-electron chi connectivity index (χ3n) is 7.54. The van der Waals surface area contributed by atoms with E-state index in [0.717, 1.165) is 19.9 Å². The van der Waals surface area contributed by atoms with E-state index in [0.29, 0.717) is 12.0 Å². The summed E-state index contributed by atoms with van der Waals surface area (Å²) in [4.78, 5) is 29.7. The molecule has 4 aromatic rings. The van der Waals surface area contributed by atoms with Crippen molar-refractivity contribution in [2.45, 2.75) is 57.1 Å². The number of nitrogens with zero attached hydrogens (tertiary/aromatic N) is 2. The first-order valence-electron chi connectivity index (χ1n) is 14.7. The number of sulfonamides is 1. The molecule has 2 atom stereocenters. The van der Waals surface area contributed by atoms with E-state index in [1.54, 1.807) is 48.5 Å². The van der Waals surface area contributed by atoms with Gasteiger partial charge in [0, 0.05) is 23.5 Å². The molecule has 0 aromatic heterocycles. The fraction of sp³-hybridized carbons (Fsp3) is 0.257. The van der Waals surface area contributed by atoms with Crippen molar-refractivity contribution in [2.75, 3.05) is 10.8 Å². The Bertz CT molecular complexity index is 1680. The number of amides is 2. The quantitative estimate of drug-likeness (QED) is 0.170. The van der Waals surface area contributed by atoms with Gasteiger partial charge in [0.05, 0.1) is 10.6 Å². The minimum absolute atomic E-state index is 0.0317. The number of anilines is 1. The molecule has 0 unspecified atom stereocenters. The molecule has 0 saturated carbocycles. The minimum atomic E-state index is -4.20. The topological polar surface area (TPSA) is 86.8 Å². The minimum Gasteiger partial charge on any atom is -0.352 e. The molecule has 0 bridgehead atoms. The van der Waals surface area contributed by atoms with Gasteiger partial charge in [0.1, 0.15) is 18.4 Å². The van der Waals surface area contributed by atoms with Crippen LogP contribution in [-0.4, -0.2) is 43.8 Å². The summed E-state index contributed by atoms with van der Waals surface area (Å²) < 4.78 is 43.8. The van der Waals surface area contributed by atoms with Crippen molar-refractivity contribution >= 4 is 43.5 Å². The second-order valence-corrected chi connectivity index (χ2v) is 13.8. The maximum absolute atomic E-state index is 14.4. The average molecular weight is 695 g/mol. The molecule has 0 radical (unpaired) electrons. The molecule has 0 aliphatic rings. The summed E-state index contributed by atoms with van der Waals surface area (Å²) in [6, 6.07) is 26.9. The molecular formula is C35H37BrFN3O4S. The largest absolute Gasteiger partial charge is 0.352 e. The van der Waals surface area contributed by atoms with Gasteiger partial charge in [-0.2, -0.15) is 0 Å². The van der Waals surface area contributed by atoms with Crippen LogP contribution in [-0.2, 0) is 32.6 Å². The van der Waals surface area contributed by atoms with Crippen LogP contribution in [0.1, 0.15) is 37.0 Å². The van der Waals surface area contributed by atoms with Crippen molar-refractivity contribution in [3.8, 4) is 0 Å². The first-order chi connectivity index (χ1) is 21.5. The zero-order chi connectivity index (χ0) is 32.6. The highest BCUT2D eigenvalue weighted by Gasteiger charge is 2.35. The maximum Gasteiger partial charge on any atom is 0.264 e. The van der Waals surface area contributed by atoms with E-state index in [2.05, 4.69) is 21.2 Å². The highest BCUT2D eigenvalue weighted by atomic mass is 79.9. The van der Waals surface area contributed by atoms with Crippen molar-refractivity contribution in [1.82, 2.24) is 10.2 Å². The highest BCUT2D eigenvalue weighted by molar-refractivity contribution is 9.10. The molecule has 4 aromatic carbocycles. The van der Waals surface area contributed by atoms with Crippen LogP contribution in [0.25, 0.3) is 0 Å². The van der Waals surface area contributed by atoms with E-state index < -0.39 is 34.3 Å². The molecule has 236 valence electrons. The third-order valence-corrected chi connectivity index (χ3v) is 9.86. The Morgan fingerprint density at radius 3 is 2.09 bits per heavy atom. The predicted molar refractivity (Wildman–Crippen MR) is 179 cm³/mol. The van der Waals surface area contributed by atoms with E-state index in [1.165, 1.54) is 29.2 Å². The number of benzene rings is 4. The molecule has 0 fully saturated rings. The number of hydrogen-bond acceptors (Lipinski definition) is 4. The van der Waals surface area contributed by atoms with Crippen molar-refractivity contribution < 1.29 is 22.4 Å². The van der Waals surface area contributed by atoms with Gasteiger partial charge in [-0.25, -0.2) is 12.8 Å². The summed E-state index contributed by atoms with van der Waals surface area (Å²) in [5.74, 6) is -1.38. The molecule has 1 N–H and O–H groups in total. The standard InChI is InChI=1S/C35H37BrFN3O4S/c1-4-26(3)38-35(42)33(22-27-8-6-5-7-9-27)39(23-28-12-16-30(37)17-13-28)34(41)24-40(31-18-14-29(36)15-19-31)45(43,44)32-20-10-25(2)11-21-32/h5-21,26,33H,4,22-24H2,1-3H3,(H,38,42)/t26-,33+/m0/s1. The van der Waals surface area contributed by atoms with Crippen LogP contribution in [0.2, 0.25) is 0 Å². The molecule has 7 nitrogen and oxygen atoms in total. The van der Waals surface area contributed by atoms with Gasteiger partial charge in [-0.15, -0.1) is 0 Å². The normalized spacial score (nSPS) is 12.6. The van der Waals surface area contributed by atoms with E-state index >= 15 is 0 Å². The van der Waals surface area contributed by atoms with Gasteiger partial charge in [-0.05, 0) is 79.9 Å². The molecule has 0 aliphatic heterocycles. The van der Waals surface area contributed by atoms with Gasteiger partial charge in [-0.1, -0.05) is 83.0 Å². The van der Waals surface area contributed by atoms with Crippen molar-refractivity contribution in [3.05, 3.63) is 130 Å². The number of carbonyl (C=O) groups excluding carboxylic acids is 2. The molecule has 0 heterocycles. The summed E-state index contributed by atoms with van der Waals surface area (Å²) in [6.45, 7) is 5.08. The monoisotopic (exact) mass is 693 g/mol. The molecule has 4 rings (SSSR count). The maximum atomic E-state index is 14.4. The fourth-order valence-corrected chi connectivity index (χ4v) is 6.43. The average Bonchev–Trinajstić information content (AvgIpc) is 3.03. The number of aryl methyl sites for hydroxylation is 1. The number of hydrogen-bond donors (Lipinski definition) is 1. The van der Waals surface area contributed by atoms with Gasteiger partial charge in [0.25, 0.3) is 10.0 Å². The van der Waals surface area contributed by atoms with Crippen molar-refractivity contribution in [2.24, 2.45) is 0 Å². The summed E-state index contributed by atoms with van der Waals surface area (Å²) >= 11 is 3.39. The SMILES string of the molecule is CC[C@H](C)NC(=O)[C@@H](Cc1ccccc1)N(Cc1ccc(F)cc1)C(=O)CN(c1ccc(Br)cc1)S(=O)(=O)c1ccc(C)cc1. The number of rotatable bonds is 13. The molecule has 10 heteroatoms. The second kappa shape index (κ2) is 15.3. The van der Waals surface area contributed by atoms with Gasteiger partial charge in [0.15, 0.2) is 0 Å². The van der Waals surface area contributed by atoms with Crippen LogP contribution >= 0.6 is 15.9 Å². The Balaban J connectivity index is 1.80. The van der Waals surface area contributed by atoms with Gasteiger partial charge >= 0.3 is 0 Å². The van der Waals surface area contributed by atoms with Crippen LogP contribution in [0.3, 0.4) is 0 Å². The summed E-state index contributed by atoms with van der Waals surface area (Å²) in [5.41, 5.74) is 2.60. The van der Waals surface area contributed by atoms with E-state index in [9.17, 15) is 22.4 Å². The Kier molecular flexibility index (Phi) is 11.5. The third kappa shape index (κ3) is 9.02. The molecule has 0 saturated heterocycles. The lowest BCUT2D eigenvalue weighted by atomic mass is 10.0. The first kappa shape index (κ1) is 33.9. The smallest absolute Gasteiger partial charge is 0.264 e. The lowest BCUT2D eigenvalue weighted by molar-refractivity contribution is -0.140. The number of carbonyl (C=O) groups is 2. The molecule has 0 spiro atoms. The molecular weight excluding hydrogens is 657 g/mol. The lowest BCUT2D eigenvalue weighted by Gasteiger charge is -2.34. The van der Waals surface area contributed by atoms with Crippen LogP contribution in [0.4, 0.5) is 10.1 Å². The van der Waals surface area contributed by atoms with Crippen molar-refractivity contribution in [1.29, 1.82) is 0 Å². The van der Waals surface area contributed by atoms with E-state index in [1.807, 2.05) is 51.1 Å². The molecule has 45 heavy (non-hydrogen) atoms. The van der Waals surface area contributed by atoms with Crippen LogP contribution in [0.15, 0.2) is 112 Å². The van der Waals surface area contributed by atoms with Crippen molar-refractivity contribution in [3.63, 3.8) is 0 Å². The number of halogens is 2. The lowest BCUT2D eigenvalue weighted by Crippen LogP contribution is -2.54. The Morgan fingerprint density at radius 1 is 0.867 bits per heavy atom. The second-order valence-electron chi connectivity index (χ2n) is 11.0. The first-order valence-corrected chi connectivity index (χ1v) is 16.9. The summed E-state index contributed by atoms with van der Waals surface area (Å²) in [6.07, 6.45) is 0.876. The van der Waals surface area contributed by atoms with Crippen LogP contribution in [0.5, 0.6) is 0 Å². The van der Waals surface area contributed by atoms with Gasteiger partial charge < -0.3 is 10.2 Å². The number of nitrogens with one attached hydrogen (secondary N) is 1. The molecule has 2 amide bonds. The predicted octanol–water partition coefficient (Wildman–Crippen LogP) is 6.65. The Morgan fingerprint density at radius 2 is 1.49 bits per heavy atom. The van der Waals surface area contributed by atoms with E-state index in [-0.39, 0.29) is 35.5 Å². The van der Waals surface area contributed by atoms with Crippen LogP contribution < -0.4 is 9.62 Å². The zero-order valence-corrected chi connectivity index (χ0v) is 27.9.